The molecule has 2 fully saturated rings. The number of fused-ring (bicyclic) bond motifs is 4. The molecule has 2 unspecified atom stereocenters. The van der Waals surface area contributed by atoms with Crippen LogP contribution in [-0.2, 0) is 0 Å². The monoisotopic (exact) mass is 475 g/mol. The fourth-order valence-electron chi connectivity index (χ4n) is 5.40. The summed E-state index contributed by atoms with van der Waals surface area (Å²) >= 11 is 0. The Labute approximate surface area is 201 Å². The largest absolute Gasteiger partial charge is 0.467 e. The zero-order valence-corrected chi connectivity index (χ0v) is 19.8. The van der Waals surface area contributed by atoms with Crippen molar-refractivity contribution in [1.29, 1.82) is 0 Å². The van der Waals surface area contributed by atoms with Crippen LogP contribution in [0.25, 0.3) is 16.6 Å². The van der Waals surface area contributed by atoms with E-state index in [1.165, 1.54) is 26.0 Å². The van der Waals surface area contributed by atoms with E-state index >= 15 is 0 Å². The van der Waals surface area contributed by atoms with Gasteiger partial charge in [0.2, 0.25) is 0 Å². The van der Waals surface area contributed by atoms with Gasteiger partial charge in [0.05, 0.1) is 29.6 Å². The summed E-state index contributed by atoms with van der Waals surface area (Å²) in [5.74, 6) is -0.902. The first kappa shape index (κ1) is 21.7. The number of methoxy groups -OCH3 is 1. The van der Waals surface area contributed by atoms with Gasteiger partial charge in [0, 0.05) is 60.9 Å². The molecule has 0 spiro atoms. The molecule has 1 aromatic carbocycles. The Morgan fingerprint density at radius 1 is 1.17 bits per heavy atom. The zero-order chi connectivity index (χ0) is 24.3. The third-order valence-electron chi connectivity index (χ3n) is 7.21. The number of piperazine rings is 1. The standard InChI is InChI=1S/C25H26FN7O2/c1-14-10-33-11-15(8-20(26)23(33)28-14)29-24(34)18-6-7-21(19-9-27-25(35-3)30-22(18)19)32-12-16-4-5-17(13-32)31(16)2/h6-11,16-17H,4-5,12-13H2,1-3H3,(H,29,34). The molecule has 0 radical (unpaired) electrons. The number of nitrogens with one attached hydrogen (secondary N) is 1. The topological polar surface area (TPSA) is 87.9 Å². The first-order chi connectivity index (χ1) is 16.9. The smallest absolute Gasteiger partial charge is 0.316 e. The van der Waals surface area contributed by atoms with Crippen LogP contribution >= 0.6 is 0 Å². The molecule has 10 heteroatoms. The summed E-state index contributed by atoms with van der Waals surface area (Å²) in [7, 11) is 3.69. The molecule has 6 rings (SSSR count). The summed E-state index contributed by atoms with van der Waals surface area (Å²) in [6, 6.07) is 6.22. The molecular weight excluding hydrogens is 449 g/mol. The third-order valence-corrected chi connectivity index (χ3v) is 7.21. The summed E-state index contributed by atoms with van der Waals surface area (Å²) in [4.78, 5) is 31.2. The van der Waals surface area contributed by atoms with E-state index in [1.807, 2.05) is 6.07 Å². The highest BCUT2D eigenvalue weighted by molar-refractivity contribution is 6.13. The SMILES string of the molecule is COc1ncc2c(N3CC4CCC(C3)N4C)ccc(C(=O)Nc3cc(F)c4nc(C)cn4c3)c2n1. The van der Waals surface area contributed by atoms with E-state index in [9.17, 15) is 9.18 Å². The molecule has 2 saturated heterocycles. The molecule has 1 N–H and O–H groups in total. The number of hydrogen-bond acceptors (Lipinski definition) is 7. The molecule has 5 heterocycles. The van der Waals surface area contributed by atoms with E-state index in [4.69, 9.17) is 4.74 Å². The molecule has 2 bridgehead atoms. The van der Waals surface area contributed by atoms with Crippen molar-refractivity contribution in [3.63, 3.8) is 0 Å². The molecular formula is C25H26FN7O2. The molecule has 2 aliphatic heterocycles. The second kappa shape index (κ2) is 8.16. The van der Waals surface area contributed by atoms with Gasteiger partial charge in [0.1, 0.15) is 0 Å². The van der Waals surface area contributed by atoms with E-state index < -0.39 is 11.7 Å². The van der Waals surface area contributed by atoms with Crippen LogP contribution in [0, 0.1) is 12.7 Å². The van der Waals surface area contributed by atoms with E-state index in [2.05, 4.69) is 37.1 Å². The highest BCUT2D eigenvalue weighted by atomic mass is 19.1. The highest BCUT2D eigenvalue weighted by Gasteiger charge is 2.38. The number of carbonyl (C=O) groups is 1. The van der Waals surface area contributed by atoms with Crippen LogP contribution in [-0.4, -0.2) is 69.5 Å². The number of amides is 1. The molecule has 0 aliphatic carbocycles. The molecule has 0 saturated carbocycles. The number of aromatic nitrogens is 4. The number of imidazole rings is 1. The van der Waals surface area contributed by atoms with Gasteiger partial charge in [-0.25, -0.2) is 14.4 Å². The minimum absolute atomic E-state index is 0.184. The van der Waals surface area contributed by atoms with E-state index in [1.54, 1.807) is 36.0 Å². The van der Waals surface area contributed by atoms with Crippen LogP contribution in [0.3, 0.4) is 0 Å². The Balaban J connectivity index is 1.38. The summed E-state index contributed by atoms with van der Waals surface area (Å²) < 4.78 is 21.4. The number of benzene rings is 1. The van der Waals surface area contributed by atoms with Crippen LogP contribution in [0.1, 0.15) is 28.9 Å². The molecule has 1 amide bonds. The van der Waals surface area contributed by atoms with Gasteiger partial charge in [-0.3, -0.25) is 9.69 Å². The third kappa shape index (κ3) is 3.65. The Hall–Kier alpha value is -3.79. The van der Waals surface area contributed by atoms with Crippen LogP contribution in [0.4, 0.5) is 15.8 Å². The van der Waals surface area contributed by atoms with Crippen molar-refractivity contribution in [1.82, 2.24) is 24.3 Å². The van der Waals surface area contributed by atoms with Crippen molar-refractivity contribution in [2.24, 2.45) is 0 Å². The number of pyridine rings is 1. The van der Waals surface area contributed by atoms with Gasteiger partial charge < -0.3 is 19.4 Å². The normalized spacial score (nSPS) is 20.1. The van der Waals surface area contributed by atoms with Crippen molar-refractivity contribution >= 4 is 33.8 Å². The van der Waals surface area contributed by atoms with Gasteiger partial charge in [-0.1, -0.05) is 0 Å². The maximum Gasteiger partial charge on any atom is 0.316 e. The predicted octanol–water partition coefficient (Wildman–Crippen LogP) is 3.27. The predicted molar refractivity (Wildman–Crippen MR) is 131 cm³/mol. The number of likely N-dealkylation sites (N-methyl/N-ethyl adjacent to an activating group) is 1. The minimum Gasteiger partial charge on any atom is -0.467 e. The number of nitrogens with zero attached hydrogens (tertiary/aromatic N) is 6. The lowest BCUT2D eigenvalue weighted by molar-refractivity contribution is 0.102. The number of hydrogen-bond donors (Lipinski definition) is 1. The first-order valence-electron chi connectivity index (χ1n) is 11.7. The number of ether oxygens (including phenoxy) is 1. The molecule has 9 nitrogen and oxygen atoms in total. The second-order valence-corrected chi connectivity index (χ2v) is 9.35. The average molecular weight is 476 g/mol. The van der Waals surface area contributed by atoms with Crippen LogP contribution in [0.2, 0.25) is 0 Å². The van der Waals surface area contributed by atoms with Crippen molar-refractivity contribution in [2.75, 3.05) is 37.5 Å². The summed E-state index contributed by atoms with van der Waals surface area (Å²) in [6.07, 6.45) is 7.45. The molecule has 3 aromatic heterocycles. The number of rotatable bonds is 4. The van der Waals surface area contributed by atoms with Gasteiger partial charge in [-0.2, -0.15) is 4.98 Å². The molecule has 180 valence electrons. The van der Waals surface area contributed by atoms with Crippen LogP contribution in [0.5, 0.6) is 6.01 Å². The Kier molecular flexibility index (Phi) is 5.06. The van der Waals surface area contributed by atoms with E-state index in [0.717, 1.165) is 24.2 Å². The molecule has 2 atom stereocenters. The Morgan fingerprint density at radius 3 is 2.69 bits per heavy atom. The fraction of sp³-hybridized carbons (Fsp3) is 0.360. The van der Waals surface area contributed by atoms with Gasteiger partial charge in [-0.05, 0) is 38.9 Å². The molecule has 4 aromatic rings. The summed E-state index contributed by atoms with van der Waals surface area (Å²) in [5, 5.41) is 3.60. The average Bonchev–Trinajstić information content (AvgIpc) is 3.30. The summed E-state index contributed by atoms with van der Waals surface area (Å²) in [5.41, 5.74) is 3.10. The Bertz CT molecular complexity index is 1460. The van der Waals surface area contributed by atoms with Crippen molar-refractivity contribution in [3.8, 4) is 6.01 Å². The lowest BCUT2D eigenvalue weighted by Crippen LogP contribution is -2.52. The highest BCUT2D eigenvalue weighted by Crippen LogP contribution is 2.35. The lowest BCUT2D eigenvalue weighted by atomic mass is 10.1. The summed E-state index contributed by atoms with van der Waals surface area (Å²) in [6.45, 7) is 3.63. The minimum atomic E-state index is -0.509. The van der Waals surface area contributed by atoms with Crippen LogP contribution in [0.15, 0.2) is 36.8 Å². The van der Waals surface area contributed by atoms with Crippen molar-refractivity contribution in [2.45, 2.75) is 31.8 Å². The van der Waals surface area contributed by atoms with Gasteiger partial charge in [0.15, 0.2) is 11.5 Å². The first-order valence-corrected chi connectivity index (χ1v) is 11.7. The number of aryl methyl sites for hydroxylation is 1. The second-order valence-electron chi connectivity index (χ2n) is 9.35. The van der Waals surface area contributed by atoms with E-state index in [0.29, 0.717) is 34.5 Å². The lowest BCUT2D eigenvalue weighted by Gasteiger charge is -2.40. The molecule has 2 aliphatic rings. The fourth-order valence-corrected chi connectivity index (χ4v) is 5.40. The van der Waals surface area contributed by atoms with Crippen LogP contribution < -0.4 is 15.0 Å². The van der Waals surface area contributed by atoms with Gasteiger partial charge >= 0.3 is 6.01 Å². The number of halogens is 1. The Morgan fingerprint density at radius 2 is 1.94 bits per heavy atom. The van der Waals surface area contributed by atoms with Crippen molar-refractivity contribution in [3.05, 3.63) is 53.9 Å². The van der Waals surface area contributed by atoms with Gasteiger partial charge in [-0.15, -0.1) is 0 Å². The van der Waals surface area contributed by atoms with Gasteiger partial charge in [0.25, 0.3) is 5.91 Å². The zero-order valence-electron chi connectivity index (χ0n) is 19.8. The maximum absolute atomic E-state index is 14.5. The maximum atomic E-state index is 14.5. The number of anilines is 2. The van der Waals surface area contributed by atoms with E-state index in [-0.39, 0.29) is 11.7 Å². The quantitative estimate of drug-likeness (QED) is 0.485. The number of carbonyl (C=O) groups excluding carboxylic acids is 1. The molecule has 35 heavy (non-hydrogen) atoms. The van der Waals surface area contributed by atoms with Crippen molar-refractivity contribution < 1.29 is 13.9 Å².